The van der Waals surface area contributed by atoms with Gasteiger partial charge in [-0.15, -0.1) is 0 Å². The zero-order valence-electron chi connectivity index (χ0n) is 11.2. The van der Waals surface area contributed by atoms with Gasteiger partial charge in [-0.25, -0.2) is 4.68 Å². The van der Waals surface area contributed by atoms with Gasteiger partial charge in [-0.2, -0.15) is 13.2 Å². The van der Waals surface area contributed by atoms with Crippen LogP contribution in [-0.4, -0.2) is 9.78 Å². The van der Waals surface area contributed by atoms with Crippen molar-refractivity contribution in [1.82, 2.24) is 9.78 Å². The van der Waals surface area contributed by atoms with Crippen molar-refractivity contribution < 1.29 is 13.2 Å². The molecule has 1 heterocycles. The third-order valence-electron chi connectivity index (χ3n) is 3.20. The average molecular weight is 284 g/mol. The number of nitrogens with one attached hydrogen (secondary N) is 1. The minimum atomic E-state index is -4.35. The smallest absolute Gasteiger partial charge is 0.299 e. The van der Waals surface area contributed by atoms with Crippen molar-refractivity contribution in [2.45, 2.75) is 32.5 Å². The van der Waals surface area contributed by atoms with E-state index in [0.717, 1.165) is 17.8 Å². The minimum absolute atomic E-state index is 0.186. The second-order valence-corrected chi connectivity index (χ2v) is 4.69. The first-order chi connectivity index (χ1) is 9.32. The molecule has 108 valence electrons. The Morgan fingerprint density at radius 2 is 1.85 bits per heavy atom. The SMILES string of the molecule is CCC(c1ccc(C(F)(F)F)cc1)n1[nH]c(C)cc1=O. The predicted octanol–water partition coefficient (Wildman–Crippen LogP) is 3.50. The fraction of sp³-hybridized carbons (Fsp3) is 0.357. The molecule has 1 N–H and O–H groups in total. The van der Waals surface area contributed by atoms with Gasteiger partial charge in [0.15, 0.2) is 0 Å². The Labute approximate surface area is 114 Å². The lowest BCUT2D eigenvalue weighted by Gasteiger charge is -2.17. The van der Waals surface area contributed by atoms with Gasteiger partial charge in [0.25, 0.3) is 5.56 Å². The van der Waals surface area contributed by atoms with Crippen molar-refractivity contribution in [3.63, 3.8) is 0 Å². The van der Waals surface area contributed by atoms with Gasteiger partial charge in [0.05, 0.1) is 11.6 Å². The van der Waals surface area contributed by atoms with E-state index in [9.17, 15) is 18.0 Å². The summed E-state index contributed by atoms with van der Waals surface area (Å²) in [4.78, 5) is 11.8. The lowest BCUT2D eigenvalue weighted by Crippen LogP contribution is -2.22. The average Bonchev–Trinajstić information content (AvgIpc) is 2.69. The van der Waals surface area contributed by atoms with Gasteiger partial charge in [-0.3, -0.25) is 9.89 Å². The highest BCUT2D eigenvalue weighted by molar-refractivity contribution is 5.27. The first-order valence-electron chi connectivity index (χ1n) is 6.28. The Hall–Kier alpha value is -1.98. The lowest BCUT2D eigenvalue weighted by atomic mass is 10.0. The second kappa shape index (κ2) is 5.19. The van der Waals surface area contributed by atoms with E-state index in [-0.39, 0.29) is 11.6 Å². The van der Waals surface area contributed by atoms with Crippen molar-refractivity contribution in [1.29, 1.82) is 0 Å². The van der Waals surface area contributed by atoms with Crippen molar-refractivity contribution >= 4 is 0 Å². The molecule has 0 aliphatic heterocycles. The first-order valence-corrected chi connectivity index (χ1v) is 6.28. The Bertz CT molecular complexity index is 638. The van der Waals surface area contributed by atoms with Crippen molar-refractivity contribution in [3.05, 3.63) is 57.5 Å². The molecule has 1 unspecified atom stereocenters. The fourth-order valence-corrected chi connectivity index (χ4v) is 2.23. The largest absolute Gasteiger partial charge is 0.416 e. The quantitative estimate of drug-likeness (QED) is 0.920. The molecule has 0 amide bonds. The summed E-state index contributed by atoms with van der Waals surface area (Å²) >= 11 is 0. The normalized spacial score (nSPS) is 13.4. The molecule has 1 aromatic carbocycles. The van der Waals surface area contributed by atoms with Crippen LogP contribution in [0, 0.1) is 6.92 Å². The Kier molecular flexibility index (Phi) is 3.74. The number of halogens is 3. The zero-order valence-corrected chi connectivity index (χ0v) is 11.2. The van der Waals surface area contributed by atoms with Crippen LogP contribution in [0.5, 0.6) is 0 Å². The molecule has 0 radical (unpaired) electrons. The van der Waals surface area contributed by atoms with Crippen LogP contribution >= 0.6 is 0 Å². The molecule has 0 aliphatic carbocycles. The maximum atomic E-state index is 12.5. The molecular formula is C14H15F3N2O. The van der Waals surface area contributed by atoms with Crippen LogP contribution in [-0.2, 0) is 6.18 Å². The highest BCUT2D eigenvalue weighted by Crippen LogP contribution is 2.30. The van der Waals surface area contributed by atoms with Crippen LogP contribution < -0.4 is 5.56 Å². The summed E-state index contributed by atoms with van der Waals surface area (Å²) in [5.74, 6) is 0. The summed E-state index contributed by atoms with van der Waals surface area (Å²) in [6, 6.07) is 6.09. The number of hydrogen-bond donors (Lipinski definition) is 1. The number of benzene rings is 1. The second-order valence-electron chi connectivity index (χ2n) is 4.69. The summed E-state index contributed by atoms with van der Waals surface area (Å²) < 4.78 is 39.0. The maximum absolute atomic E-state index is 12.5. The van der Waals surface area contributed by atoms with Crippen molar-refractivity contribution in [3.8, 4) is 0 Å². The molecule has 2 rings (SSSR count). The van der Waals surface area contributed by atoms with E-state index < -0.39 is 11.7 Å². The van der Waals surface area contributed by atoms with E-state index in [4.69, 9.17) is 0 Å². The number of H-pyrrole nitrogens is 1. The third-order valence-corrected chi connectivity index (χ3v) is 3.20. The minimum Gasteiger partial charge on any atom is -0.299 e. The van der Waals surface area contributed by atoms with Gasteiger partial charge in [0, 0.05) is 11.8 Å². The molecule has 0 aliphatic rings. The lowest BCUT2D eigenvalue weighted by molar-refractivity contribution is -0.137. The van der Waals surface area contributed by atoms with Gasteiger partial charge in [-0.1, -0.05) is 19.1 Å². The summed E-state index contributed by atoms with van der Waals surface area (Å²) in [6.07, 6.45) is -3.74. The van der Waals surface area contributed by atoms with E-state index in [2.05, 4.69) is 5.10 Å². The standard InChI is InChI=1S/C14H15F3N2O/c1-3-12(19-13(20)8-9(2)18-19)10-4-6-11(7-5-10)14(15,16)17/h4-8,12,18H,3H2,1-2H3. The van der Waals surface area contributed by atoms with Crippen molar-refractivity contribution in [2.24, 2.45) is 0 Å². The molecule has 6 heteroatoms. The molecule has 0 spiro atoms. The molecule has 1 aromatic heterocycles. The monoisotopic (exact) mass is 284 g/mol. The van der Waals surface area contributed by atoms with Crippen LogP contribution in [0.25, 0.3) is 0 Å². The summed E-state index contributed by atoms with van der Waals surface area (Å²) in [5, 5.41) is 2.92. The van der Waals surface area contributed by atoms with E-state index in [1.165, 1.54) is 22.9 Å². The fourth-order valence-electron chi connectivity index (χ4n) is 2.23. The van der Waals surface area contributed by atoms with Gasteiger partial charge >= 0.3 is 6.18 Å². The number of hydrogen-bond acceptors (Lipinski definition) is 1. The van der Waals surface area contributed by atoms with Gasteiger partial charge < -0.3 is 0 Å². The number of rotatable bonds is 3. The van der Waals surface area contributed by atoms with Gasteiger partial charge in [-0.05, 0) is 31.0 Å². The zero-order chi connectivity index (χ0) is 14.9. The number of alkyl halides is 3. The highest BCUT2D eigenvalue weighted by Gasteiger charge is 2.30. The topological polar surface area (TPSA) is 37.8 Å². The first kappa shape index (κ1) is 14.4. The molecule has 0 saturated heterocycles. The molecule has 20 heavy (non-hydrogen) atoms. The van der Waals surface area contributed by atoms with Crippen LogP contribution in [0.4, 0.5) is 13.2 Å². The Morgan fingerprint density at radius 1 is 1.25 bits per heavy atom. The molecule has 0 fully saturated rings. The molecule has 0 bridgehead atoms. The number of aryl methyl sites for hydroxylation is 1. The highest BCUT2D eigenvalue weighted by atomic mass is 19.4. The summed E-state index contributed by atoms with van der Waals surface area (Å²) in [7, 11) is 0. The van der Waals surface area contributed by atoms with E-state index in [1.807, 2.05) is 6.92 Å². The summed E-state index contributed by atoms with van der Waals surface area (Å²) in [5.41, 5.74) is 0.519. The predicted molar refractivity (Wildman–Crippen MR) is 69.7 cm³/mol. The van der Waals surface area contributed by atoms with Crippen LogP contribution in [0.1, 0.15) is 36.2 Å². The van der Waals surface area contributed by atoms with Crippen LogP contribution in [0.2, 0.25) is 0 Å². The van der Waals surface area contributed by atoms with Crippen molar-refractivity contribution in [2.75, 3.05) is 0 Å². The molecule has 1 atom stereocenters. The Balaban J connectivity index is 2.38. The maximum Gasteiger partial charge on any atom is 0.416 e. The molecule has 0 saturated carbocycles. The van der Waals surface area contributed by atoms with E-state index in [0.29, 0.717) is 12.0 Å². The van der Waals surface area contributed by atoms with Crippen LogP contribution in [0.3, 0.4) is 0 Å². The third kappa shape index (κ3) is 2.79. The number of nitrogens with zero attached hydrogens (tertiary/aromatic N) is 1. The van der Waals surface area contributed by atoms with Gasteiger partial charge in [0.2, 0.25) is 0 Å². The summed E-state index contributed by atoms with van der Waals surface area (Å²) in [6.45, 7) is 3.64. The van der Waals surface area contributed by atoms with Gasteiger partial charge in [0.1, 0.15) is 0 Å². The number of aromatic amines is 1. The molecular weight excluding hydrogens is 269 g/mol. The van der Waals surface area contributed by atoms with E-state index in [1.54, 1.807) is 6.92 Å². The molecule has 3 nitrogen and oxygen atoms in total. The van der Waals surface area contributed by atoms with Crippen LogP contribution in [0.15, 0.2) is 35.1 Å². The molecule has 2 aromatic rings. The number of aromatic nitrogens is 2. The Morgan fingerprint density at radius 3 is 2.25 bits per heavy atom. The van der Waals surface area contributed by atoms with E-state index >= 15 is 0 Å².